The van der Waals surface area contributed by atoms with Crippen molar-refractivity contribution in [2.24, 2.45) is 0 Å². The van der Waals surface area contributed by atoms with Crippen LogP contribution in [0.15, 0.2) is 72.8 Å². The molecule has 0 heterocycles. The van der Waals surface area contributed by atoms with Crippen molar-refractivity contribution in [3.05, 3.63) is 95.1 Å². The standard InChI is InChI=1S/C27H24O2/c1-18(28)22-16-14-20-8-3-5-10-24(20)26(22)12-7-13-27-23(19(2)29)17-15-21-9-4-6-11-25(21)27/h3-6,8-11,14-17H,7,12-13H2,1-2H3. The van der Waals surface area contributed by atoms with Gasteiger partial charge in [-0.2, -0.15) is 0 Å². The van der Waals surface area contributed by atoms with E-state index in [9.17, 15) is 9.59 Å². The molecule has 0 aromatic heterocycles. The molecule has 0 aliphatic carbocycles. The van der Waals surface area contributed by atoms with Crippen LogP contribution in [0.25, 0.3) is 21.5 Å². The predicted molar refractivity (Wildman–Crippen MR) is 120 cm³/mol. The molecule has 0 spiro atoms. The minimum atomic E-state index is 0.0975. The monoisotopic (exact) mass is 380 g/mol. The van der Waals surface area contributed by atoms with Gasteiger partial charge in [0.05, 0.1) is 0 Å². The van der Waals surface area contributed by atoms with E-state index >= 15 is 0 Å². The van der Waals surface area contributed by atoms with Gasteiger partial charge in [0.25, 0.3) is 0 Å². The predicted octanol–water partition coefficient (Wildman–Crippen LogP) is 6.57. The van der Waals surface area contributed by atoms with Gasteiger partial charge in [-0.15, -0.1) is 0 Å². The van der Waals surface area contributed by atoms with Crippen LogP contribution in [0, 0.1) is 0 Å². The van der Waals surface area contributed by atoms with Gasteiger partial charge in [0, 0.05) is 11.1 Å². The maximum Gasteiger partial charge on any atom is 0.160 e. The second-order valence-corrected chi connectivity index (χ2v) is 7.59. The highest BCUT2D eigenvalue weighted by Gasteiger charge is 2.14. The molecule has 4 aromatic rings. The number of Topliss-reactive ketones (excluding diaryl/α,β-unsaturated/α-hetero) is 2. The van der Waals surface area contributed by atoms with Gasteiger partial charge in [-0.3, -0.25) is 9.59 Å². The molecule has 0 N–H and O–H groups in total. The summed E-state index contributed by atoms with van der Waals surface area (Å²) in [6.45, 7) is 3.26. The summed E-state index contributed by atoms with van der Waals surface area (Å²) in [6.07, 6.45) is 2.48. The van der Waals surface area contributed by atoms with Gasteiger partial charge in [0.2, 0.25) is 0 Å². The van der Waals surface area contributed by atoms with Gasteiger partial charge >= 0.3 is 0 Å². The third-order valence-electron chi connectivity index (χ3n) is 5.69. The fraction of sp³-hybridized carbons (Fsp3) is 0.185. The second kappa shape index (κ2) is 8.00. The lowest BCUT2D eigenvalue weighted by Crippen LogP contribution is -2.04. The summed E-state index contributed by atoms with van der Waals surface area (Å²) in [7, 11) is 0. The fourth-order valence-electron chi connectivity index (χ4n) is 4.31. The molecule has 0 unspecified atom stereocenters. The van der Waals surface area contributed by atoms with Crippen LogP contribution in [-0.2, 0) is 12.8 Å². The molecular weight excluding hydrogens is 356 g/mol. The van der Waals surface area contributed by atoms with Crippen LogP contribution in [0.3, 0.4) is 0 Å². The number of hydrogen-bond donors (Lipinski definition) is 0. The van der Waals surface area contributed by atoms with E-state index in [-0.39, 0.29) is 11.6 Å². The molecule has 144 valence electrons. The van der Waals surface area contributed by atoms with Crippen molar-refractivity contribution in [1.82, 2.24) is 0 Å². The van der Waals surface area contributed by atoms with Gasteiger partial charge in [0.1, 0.15) is 0 Å². The van der Waals surface area contributed by atoms with Gasteiger partial charge in [-0.1, -0.05) is 72.8 Å². The van der Waals surface area contributed by atoms with E-state index in [2.05, 4.69) is 24.3 Å². The highest BCUT2D eigenvalue weighted by atomic mass is 16.1. The molecule has 4 aromatic carbocycles. The van der Waals surface area contributed by atoms with Crippen molar-refractivity contribution in [2.75, 3.05) is 0 Å². The first-order valence-corrected chi connectivity index (χ1v) is 10.1. The van der Waals surface area contributed by atoms with E-state index in [1.54, 1.807) is 13.8 Å². The Morgan fingerprint density at radius 3 is 1.41 bits per heavy atom. The summed E-state index contributed by atoms with van der Waals surface area (Å²) in [5, 5.41) is 4.60. The van der Waals surface area contributed by atoms with E-state index < -0.39 is 0 Å². The molecule has 2 heteroatoms. The van der Waals surface area contributed by atoms with Crippen LogP contribution in [0.2, 0.25) is 0 Å². The van der Waals surface area contributed by atoms with E-state index in [1.807, 2.05) is 48.5 Å². The zero-order valence-corrected chi connectivity index (χ0v) is 16.9. The maximum absolute atomic E-state index is 12.2. The third-order valence-corrected chi connectivity index (χ3v) is 5.69. The molecule has 0 radical (unpaired) electrons. The van der Waals surface area contributed by atoms with E-state index in [0.29, 0.717) is 0 Å². The van der Waals surface area contributed by atoms with Crippen molar-refractivity contribution in [1.29, 1.82) is 0 Å². The summed E-state index contributed by atoms with van der Waals surface area (Å²) in [5.74, 6) is 0.195. The highest BCUT2D eigenvalue weighted by Crippen LogP contribution is 2.28. The zero-order chi connectivity index (χ0) is 20.4. The Bertz CT molecular complexity index is 1140. The molecule has 0 atom stereocenters. The Morgan fingerprint density at radius 2 is 1.00 bits per heavy atom. The maximum atomic E-state index is 12.2. The van der Waals surface area contributed by atoms with Crippen LogP contribution in [0.4, 0.5) is 0 Å². The SMILES string of the molecule is CC(=O)c1ccc2ccccc2c1CCCc1c(C(C)=O)ccc2ccccc12. The van der Waals surface area contributed by atoms with E-state index in [0.717, 1.165) is 63.1 Å². The van der Waals surface area contributed by atoms with Crippen molar-refractivity contribution in [3.8, 4) is 0 Å². The number of carbonyl (C=O) groups excluding carboxylic acids is 2. The Kier molecular flexibility index (Phi) is 5.26. The molecule has 0 saturated carbocycles. The molecule has 0 aliphatic heterocycles. The summed E-state index contributed by atoms with van der Waals surface area (Å²) >= 11 is 0. The fourth-order valence-corrected chi connectivity index (χ4v) is 4.31. The van der Waals surface area contributed by atoms with Crippen molar-refractivity contribution in [3.63, 3.8) is 0 Å². The number of fused-ring (bicyclic) bond motifs is 2. The average molecular weight is 380 g/mol. The smallest absolute Gasteiger partial charge is 0.160 e. The topological polar surface area (TPSA) is 34.1 Å². The lowest BCUT2D eigenvalue weighted by Gasteiger charge is -2.14. The van der Waals surface area contributed by atoms with Crippen molar-refractivity contribution < 1.29 is 9.59 Å². The molecule has 0 saturated heterocycles. The largest absolute Gasteiger partial charge is 0.295 e. The van der Waals surface area contributed by atoms with Crippen LogP contribution >= 0.6 is 0 Å². The summed E-state index contributed by atoms with van der Waals surface area (Å²) in [4.78, 5) is 24.4. The first-order valence-electron chi connectivity index (χ1n) is 10.1. The number of ketones is 2. The van der Waals surface area contributed by atoms with Crippen LogP contribution < -0.4 is 0 Å². The number of carbonyl (C=O) groups is 2. The Balaban J connectivity index is 1.70. The number of rotatable bonds is 6. The van der Waals surface area contributed by atoms with Gasteiger partial charge in [-0.25, -0.2) is 0 Å². The molecule has 0 amide bonds. The quantitative estimate of drug-likeness (QED) is 0.354. The summed E-state index contributed by atoms with van der Waals surface area (Å²) < 4.78 is 0. The van der Waals surface area contributed by atoms with E-state index in [4.69, 9.17) is 0 Å². The molecule has 4 rings (SSSR count). The number of benzene rings is 4. The lowest BCUT2D eigenvalue weighted by atomic mass is 9.90. The normalized spacial score (nSPS) is 11.1. The van der Waals surface area contributed by atoms with Crippen LogP contribution in [0.5, 0.6) is 0 Å². The Hall–Kier alpha value is -3.26. The minimum Gasteiger partial charge on any atom is -0.295 e. The zero-order valence-electron chi connectivity index (χ0n) is 16.9. The van der Waals surface area contributed by atoms with Crippen molar-refractivity contribution in [2.45, 2.75) is 33.1 Å². The minimum absolute atomic E-state index is 0.0975. The van der Waals surface area contributed by atoms with Gasteiger partial charge < -0.3 is 0 Å². The number of hydrogen-bond acceptors (Lipinski definition) is 2. The highest BCUT2D eigenvalue weighted by molar-refractivity contribution is 6.02. The molecular formula is C27H24O2. The van der Waals surface area contributed by atoms with E-state index in [1.165, 1.54) is 0 Å². The first kappa shape index (κ1) is 19.1. The van der Waals surface area contributed by atoms with Crippen molar-refractivity contribution >= 4 is 33.1 Å². The van der Waals surface area contributed by atoms with Gasteiger partial charge in [0.15, 0.2) is 11.6 Å². The summed E-state index contributed by atoms with van der Waals surface area (Å²) in [6, 6.07) is 24.4. The summed E-state index contributed by atoms with van der Waals surface area (Å²) in [5.41, 5.74) is 3.82. The third kappa shape index (κ3) is 3.71. The number of aryl methyl sites for hydroxylation is 2. The molecule has 0 bridgehead atoms. The first-order chi connectivity index (χ1) is 14.1. The Labute approximate surface area is 171 Å². The Morgan fingerprint density at radius 1 is 0.586 bits per heavy atom. The van der Waals surface area contributed by atoms with Crippen LogP contribution in [-0.4, -0.2) is 11.6 Å². The van der Waals surface area contributed by atoms with Gasteiger partial charge in [-0.05, 0) is 65.8 Å². The average Bonchev–Trinajstić information content (AvgIpc) is 2.73. The second-order valence-electron chi connectivity index (χ2n) is 7.59. The van der Waals surface area contributed by atoms with Crippen LogP contribution in [0.1, 0.15) is 52.1 Å². The molecule has 2 nitrogen and oxygen atoms in total. The molecule has 29 heavy (non-hydrogen) atoms. The molecule has 0 aliphatic rings. The lowest BCUT2D eigenvalue weighted by molar-refractivity contribution is 0.100. The molecule has 0 fully saturated rings.